The van der Waals surface area contributed by atoms with E-state index < -0.39 is 5.97 Å². The number of carbonyl (C=O) groups is 1. The van der Waals surface area contributed by atoms with Crippen molar-refractivity contribution in [2.45, 2.75) is 44.7 Å². The van der Waals surface area contributed by atoms with Gasteiger partial charge in [-0.25, -0.2) is 0 Å². The minimum Gasteiger partial charge on any atom is -0.480 e. The number of aliphatic carboxylic acids is 1. The first-order valence-corrected chi connectivity index (χ1v) is 6.18. The molecule has 4 heteroatoms. The van der Waals surface area contributed by atoms with Crippen LogP contribution in [0, 0.1) is 0 Å². The lowest BCUT2D eigenvalue weighted by molar-refractivity contribution is -0.139. The van der Waals surface area contributed by atoms with Crippen LogP contribution in [0.25, 0.3) is 0 Å². The number of hydrogen-bond acceptors (Lipinski definition) is 3. The number of carboxylic acids is 1. The van der Waals surface area contributed by atoms with Crippen LogP contribution in [0.4, 0.5) is 0 Å². The maximum absolute atomic E-state index is 10.8. The third kappa shape index (κ3) is 3.46. The maximum Gasteiger partial charge on any atom is 0.317 e. The van der Waals surface area contributed by atoms with Crippen molar-refractivity contribution in [3.63, 3.8) is 0 Å². The normalized spacial score (nSPS) is 26.3. The van der Waals surface area contributed by atoms with Crippen LogP contribution in [-0.2, 0) is 4.79 Å². The fourth-order valence-electron chi connectivity index (χ4n) is 2.76. The molecule has 0 aromatic heterocycles. The van der Waals surface area contributed by atoms with Gasteiger partial charge in [0.25, 0.3) is 0 Å². The van der Waals surface area contributed by atoms with Crippen LogP contribution in [0.5, 0.6) is 0 Å². The first kappa shape index (κ1) is 13.5. The van der Waals surface area contributed by atoms with Crippen LogP contribution in [0.15, 0.2) is 0 Å². The molecule has 1 rings (SSSR count). The zero-order chi connectivity index (χ0) is 12.1. The fraction of sp³-hybridized carbons (Fsp3) is 0.917. The van der Waals surface area contributed by atoms with Crippen molar-refractivity contribution in [1.29, 1.82) is 0 Å². The summed E-state index contributed by atoms with van der Waals surface area (Å²) in [6.45, 7) is 3.04. The molecule has 1 aliphatic rings. The molecule has 16 heavy (non-hydrogen) atoms. The monoisotopic (exact) mass is 228 g/mol. The fourth-order valence-corrected chi connectivity index (χ4v) is 2.76. The standard InChI is InChI=1S/C12H24N2O2/c1-4-14(9-12(15)16)11-8-6-5-7-10(11)13(2)3/h10-11H,4-9H2,1-3H3,(H,15,16)/t10-,11+/m0/s1. The lowest BCUT2D eigenvalue weighted by Crippen LogP contribution is -2.52. The number of likely N-dealkylation sites (N-methyl/N-ethyl adjacent to an activating group) is 2. The highest BCUT2D eigenvalue weighted by molar-refractivity contribution is 5.69. The Hall–Kier alpha value is -0.610. The third-order valence-corrected chi connectivity index (χ3v) is 3.57. The summed E-state index contributed by atoms with van der Waals surface area (Å²) in [6.07, 6.45) is 4.81. The Bertz CT molecular complexity index is 231. The van der Waals surface area contributed by atoms with E-state index in [9.17, 15) is 4.79 Å². The molecular weight excluding hydrogens is 204 g/mol. The van der Waals surface area contributed by atoms with E-state index >= 15 is 0 Å². The Balaban J connectivity index is 2.67. The largest absolute Gasteiger partial charge is 0.480 e. The first-order valence-electron chi connectivity index (χ1n) is 6.18. The average molecular weight is 228 g/mol. The third-order valence-electron chi connectivity index (χ3n) is 3.57. The van der Waals surface area contributed by atoms with E-state index in [0.29, 0.717) is 12.1 Å². The summed E-state index contributed by atoms with van der Waals surface area (Å²) in [5.74, 6) is -0.718. The molecular formula is C12H24N2O2. The predicted molar refractivity (Wildman–Crippen MR) is 64.6 cm³/mol. The Labute approximate surface area is 98.2 Å². The molecule has 0 saturated heterocycles. The molecule has 1 fully saturated rings. The SMILES string of the molecule is CCN(CC(=O)O)[C@@H]1CCCC[C@@H]1N(C)C. The Morgan fingerprint density at radius 2 is 1.81 bits per heavy atom. The second kappa shape index (κ2) is 6.21. The second-order valence-corrected chi connectivity index (χ2v) is 4.84. The first-order chi connectivity index (χ1) is 7.56. The van der Waals surface area contributed by atoms with E-state index in [0.717, 1.165) is 13.0 Å². The predicted octanol–water partition coefficient (Wildman–Crippen LogP) is 1.27. The summed E-state index contributed by atoms with van der Waals surface area (Å²) < 4.78 is 0. The number of carboxylic acid groups (broad SMARTS) is 1. The topological polar surface area (TPSA) is 43.8 Å². The highest BCUT2D eigenvalue weighted by Gasteiger charge is 2.31. The van der Waals surface area contributed by atoms with Crippen molar-refractivity contribution in [3.05, 3.63) is 0 Å². The summed E-state index contributed by atoms with van der Waals surface area (Å²) in [4.78, 5) is 15.2. The van der Waals surface area contributed by atoms with Gasteiger partial charge < -0.3 is 10.0 Å². The number of hydrogen-bond donors (Lipinski definition) is 1. The van der Waals surface area contributed by atoms with Crippen molar-refractivity contribution in [2.24, 2.45) is 0 Å². The lowest BCUT2D eigenvalue weighted by Gasteiger charge is -2.42. The van der Waals surface area contributed by atoms with Gasteiger partial charge in [-0.1, -0.05) is 19.8 Å². The van der Waals surface area contributed by atoms with E-state index in [1.54, 1.807) is 0 Å². The van der Waals surface area contributed by atoms with Gasteiger partial charge >= 0.3 is 5.97 Å². The van der Waals surface area contributed by atoms with E-state index in [1.165, 1.54) is 19.3 Å². The van der Waals surface area contributed by atoms with Crippen LogP contribution < -0.4 is 0 Å². The van der Waals surface area contributed by atoms with Crippen LogP contribution >= 0.6 is 0 Å². The van der Waals surface area contributed by atoms with Gasteiger partial charge in [0.05, 0.1) is 6.54 Å². The minimum absolute atomic E-state index is 0.172. The molecule has 1 N–H and O–H groups in total. The molecule has 94 valence electrons. The average Bonchev–Trinajstić information content (AvgIpc) is 2.25. The van der Waals surface area contributed by atoms with E-state index in [-0.39, 0.29) is 6.54 Å². The highest BCUT2D eigenvalue weighted by Crippen LogP contribution is 2.25. The van der Waals surface area contributed by atoms with Crippen molar-refractivity contribution < 1.29 is 9.90 Å². The molecule has 0 radical (unpaired) electrons. The number of rotatable bonds is 5. The molecule has 4 nitrogen and oxygen atoms in total. The molecule has 1 aliphatic carbocycles. The molecule has 0 aliphatic heterocycles. The molecule has 0 heterocycles. The van der Waals surface area contributed by atoms with Crippen molar-refractivity contribution in [3.8, 4) is 0 Å². The van der Waals surface area contributed by atoms with Crippen molar-refractivity contribution in [2.75, 3.05) is 27.2 Å². The van der Waals surface area contributed by atoms with Gasteiger partial charge in [-0.2, -0.15) is 0 Å². The van der Waals surface area contributed by atoms with Crippen LogP contribution in [-0.4, -0.2) is 60.1 Å². The van der Waals surface area contributed by atoms with E-state index in [4.69, 9.17) is 5.11 Å². The van der Waals surface area contributed by atoms with Gasteiger partial charge in [-0.3, -0.25) is 9.69 Å². The molecule has 2 atom stereocenters. The quantitative estimate of drug-likeness (QED) is 0.769. The maximum atomic E-state index is 10.8. The Kier molecular flexibility index (Phi) is 5.22. The highest BCUT2D eigenvalue weighted by atomic mass is 16.4. The zero-order valence-electron chi connectivity index (χ0n) is 10.6. The minimum atomic E-state index is -0.718. The van der Waals surface area contributed by atoms with Gasteiger partial charge in [0, 0.05) is 12.1 Å². The summed E-state index contributed by atoms with van der Waals surface area (Å²) in [5.41, 5.74) is 0. The molecule has 0 aromatic carbocycles. The molecule has 0 unspecified atom stereocenters. The van der Waals surface area contributed by atoms with Crippen LogP contribution in [0.1, 0.15) is 32.6 Å². The lowest BCUT2D eigenvalue weighted by atomic mass is 9.88. The van der Waals surface area contributed by atoms with Crippen LogP contribution in [0.2, 0.25) is 0 Å². The summed E-state index contributed by atoms with van der Waals surface area (Å²) in [7, 11) is 4.19. The molecule has 0 aromatic rings. The van der Waals surface area contributed by atoms with E-state index in [1.807, 2.05) is 6.92 Å². The molecule has 1 saturated carbocycles. The number of nitrogens with zero attached hydrogens (tertiary/aromatic N) is 2. The smallest absolute Gasteiger partial charge is 0.317 e. The summed E-state index contributed by atoms with van der Waals surface area (Å²) in [6, 6.07) is 0.915. The van der Waals surface area contributed by atoms with Crippen molar-refractivity contribution in [1.82, 2.24) is 9.80 Å². The molecule has 0 bridgehead atoms. The summed E-state index contributed by atoms with van der Waals surface area (Å²) >= 11 is 0. The molecule has 0 spiro atoms. The van der Waals surface area contributed by atoms with Crippen molar-refractivity contribution >= 4 is 5.97 Å². The Morgan fingerprint density at radius 1 is 1.25 bits per heavy atom. The van der Waals surface area contributed by atoms with Gasteiger partial charge in [0.15, 0.2) is 0 Å². The van der Waals surface area contributed by atoms with E-state index in [2.05, 4.69) is 23.9 Å². The van der Waals surface area contributed by atoms with Crippen LogP contribution in [0.3, 0.4) is 0 Å². The van der Waals surface area contributed by atoms with Gasteiger partial charge in [-0.05, 0) is 33.5 Å². The van der Waals surface area contributed by atoms with Gasteiger partial charge in [0.2, 0.25) is 0 Å². The zero-order valence-corrected chi connectivity index (χ0v) is 10.6. The van der Waals surface area contributed by atoms with Gasteiger partial charge in [-0.15, -0.1) is 0 Å². The summed E-state index contributed by atoms with van der Waals surface area (Å²) in [5, 5.41) is 8.92. The molecule has 0 amide bonds. The van der Waals surface area contributed by atoms with Gasteiger partial charge in [0.1, 0.15) is 0 Å². The second-order valence-electron chi connectivity index (χ2n) is 4.84. The Morgan fingerprint density at radius 3 is 2.25 bits per heavy atom.